The Labute approximate surface area is 79.8 Å². The average Bonchev–Trinajstić information content (AvgIpc) is 2.10. The summed E-state index contributed by atoms with van der Waals surface area (Å²) >= 11 is 12.0. The van der Waals surface area contributed by atoms with E-state index in [0.717, 1.165) is 0 Å². The van der Waals surface area contributed by atoms with Gasteiger partial charge in [0, 0.05) is 11.6 Å². The first-order chi connectivity index (χ1) is 4.61. The van der Waals surface area contributed by atoms with Gasteiger partial charge in [-0.1, -0.05) is 43.5 Å². The van der Waals surface area contributed by atoms with Crippen molar-refractivity contribution in [1.29, 1.82) is 0 Å². The Morgan fingerprint density at radius 1 is 1.70 bits per heavy atom. The van der Waals surface area contributed by atoms with Crippen LogP contribution < -0.4 is 0 Å². The Morgan fingerprint density at radius 2 is 2.30 bits per heavy atom. The van der Waals surface area contributed by atoms with Crippen LogP contribution in [0.2, 0.25) is 0 Å². The number of cyclic esters (lactones) is 1. The third-order valence-corrected chi connectivity index (χ3v) is 2.42. The molecule has 0 amide bonds. The molecule has 10 heavy (non-hydrogen) atoms. The van der Waals surface area contributed by atoms with Crippen LogP contribution in [0.25, 0.3) is 0 Å². The molecule has 0 saturated heterocycles. The second-order valence-electron chi connectivity index (χ2n) is 1.70. The van der Waals surface area contributed by atoms with Crippen LogP contribution in [0.5, 0.6) is 0 Å². The van der Waals surface area contributed by atoms with E-state index in [0.29, 0.717) is 5.57 Å². The Morgan fingerprint density at radius 3 is 2.50 bits per heavy atom. The SMILES string of the molecule is O=C1C=C(C(Br)Br)C(Cl)O1. The molecule has 1 aliphatic rings. The fourth-order valence-electron chi connectivity index (χ4n) is 0.568. The molecule has 0 radical (unpaired) electrons. The maximum absolute atomic E-state index is 10.5. The zero-order chi connectivity index (χ0) is 7.72. The van der Waals surface area contributed by atoms with Crippen molar-refractivity contribution in [3.05, 3.63) is 11.6 Å². The number of hydrogen-bond donors (Lipinski definition) is 0. The third kappa shape index (κ3) is 1.74. The third-order valence-electron chi connectivity index (χ3n) is 1.02. The normalized spacial score (nSPS) is 25.0. The van der Waals surface area contributed by atoms with E-state index >= 15 is 0 Å². The highest BCUT2D eigenvalue weighted by Gasteiger charge is 2.27. The molecular weight excluding hydrogens is 287 g/mol. The van der Waals surface area contributed by atoms with Crippen LogP contribution in [0.1, 0.15) is 0 Å². The summed E-state index contributed by atoms with van der Waals surface area (Å²) in [6.07, 6.45) is 1.37. The summed E-state index contributed by atoms with van der Waals surface area (Å²) in [6, 6.07) is 0. The molecule has 5 heteroatoms. The molecule has 0 N–H and O–H groups in total. The number of carbonyl (C=O) groups excluding carboxylic acids is 1. The lowest BCUT2D eigenvalue weighted by atomic mass is 10.3. The smallest absolute Gasteiger partial charge is 0.332 e. The number of hydrogen-bond acceptors (Lipinski definition) is 2. The largest absolute Gasteiger partial charge is 0.438 e. The number of esters is 1. The first kappa shape index (κ1) is 8.56. The van der Waals surface area contributed by atoms with E-state index in [2.05, 4.69) is 36.6 Å². The minimum atomic E-state index is -0.628. The molecule has 1 heterocycles. The lowest BCUT2D eigenvalue weighted by Gasteiger charge is -2.05. The molecule has 1 atom stereocenters. The summed E-state index contributed by atoms with van der Waals surface area (Å²) in [7, 11) is 0. The van der Waals surface area contributed by atoms with Crippen LogP contribution in [-0.4, -0.2) is 15.3 Å². The molecule has 0 bridgehead atoms. The first-order valence-electron chi connectivity index (χ1n) is 2.45. The molecule has 56 valence electrons. The van der Waals surface area contributed by atoms with Crippen LogP contribution in [0.15, 0.2) is 11.6 Å². The quantitative estimate of drug-likeness (QED) is 0.546. The van der Waals surface area contributed by atoms with Gasteiger partial charge in [0.25, 0.3) is 0 Å². The van der Waals surface area contributed by atoms with Crippen LogP contribution >= 0.6 is 43.5 Å². The molecule has 1 rings (SSSR count). The predicted molar refractivity (Wildman–Crippen MR) is 45.5 cm³/mol. The van der Waals surface area contributed by atoms with E-state index in [1.54, 1.807) is 0 Å². The van der Waals surface area contributed by atoms with Crippen LogP contribution in [0.4, 0.5) is 0 Å². The summed E-state index contributed by atoms with van der Waals surface area (Å²) in [6.45, 7) is 0. The highest BCUT2D eigenvalue weighted by molar-refractivity contribution is 9.24. The highest BCUT2D eigenvalue weighted by atomic mass is 79.9. The number of alkyl halides is 3. The zero-order valence-corrected chi connectivity index (χ0v) is 8.61. The van der Waals surface area contributed by atoms with Gasteiger partial charge in [-0.05, 0) is 0 Å². The molecule has 0 aromatic rings. The van der Waals surface area contributed by atoms with Gasteiger partial charge < -0.3 is 4.74 Å². The van der Waals surface area contributed by atoms with Crippen LogP contribution in [-0.2, 0) is 9.53 Å². The molecule has 0 fully saturated rings. The lowest BCUT2D eigenvalue weighted by molar-refractivity contribution is -0.136. The second kappa shape index (κ2) is 3.24. The molecule has 2 nitrogen and oxygen atoms in total. The van der Waals surface area contributed by atoms with Crippen LogP contribution in [0, 0.1) is 0 Å². The van der Waals surface area contributed by atoms with Gasteiger partial charge in [-0.15, -0.1) is 0 Å². The fraction of sp³-hybridized carbons (Fsp3) is 0.400. The van der Waals surface area contributed by atoms with Crippen molar-refractivity contribution in [2.45, 2.75) is 9.30 Å². The molecule has 0 aromatic carbocycles. The van der Waals surface area contributed by atoms with Gasteiger partial charge in [0.1, 0.15) is 0 Å². The molecule has 0 aromatic heterocycles. The Hall–Kier alpha value is 0.460. The standard InChI is InChI=1S/C5H3Br2ClO2/c6-4(7)2-1-3(9)10-5(2)8/h1,4-5H. The topological polar surface area (TPSA) is 26.3 Å². The van der Waals surface area contributed by atoms with Crippen molar-refractivity contribution >= 4 is 49.4 Å². The summed E-state index contributed by atoms with van der Waals surface area (Å²) in [4.78, 5) is 10.5. The van der Waals surface area contributed by atoms with Gasteiger partial charge >= 0.3 is 5.97 Å². The number of halogens is 3. The van der Waals surface area contributed by atoms with Gasteiger partial charge in [-0.3, -0.25) is 0 Å². The number of rotatable bonds is 1. The van der Waals surface area contributed by atoms with Crippen molar-refractivity contribution in [2.75, 3.05) is 0 Å². The molecule has 0 saturated carbocycles. The average molecular weight is 290 g/mol. The molecular formula is C5H3Br2ClO2. The summed E-state index contributed by atoms with van der Waals surface area (Å²) in [5, 5.41) is 0. The van der Waals surface area contributed by atoms with Crippen molar-refractivity contribution in [3.63, 3.8) is 0 Å². The predicted octanol–water partition coefficient (Wildman–Crippen LogP) is 2.15. The number of ether oxygens (including phenoxy) is 1. The maximum Gasteiger partial charge on any atom is 0.332 e. The minimum absolute atomic E-state index is 0.0889. The first-order valence-corrected chi connectivity index (χ1v) is 4.72. The van der Waals surface area contributed by atoms with Crippen LogP contribution in [0.3, 0.4) is 0 Å². The van der Waals surface area contributed by atoms with E-state index in [4.69, 9.17) is 11.6 Å². The minimum Gasteiger partial charge on any atom is -0.438 e. The van der Waals surface area contributed by atoms with E-state index in [9.17, 15) is 4.79 Å². The van der Waals surface area contributed by atoms with E-state index < -0.39 is 5.56 Å². The molecule has 0 spiro atoms. The van der Waals surface area contributed by atoms with E-state index in [1.807, 2.05) is 0 Å². The molecule has 1 unspecified atom stereocenters. The second-order valence-corrected chi connectivity index (χ2v) is 5.15. The molecule has 1 aliphatic heterocycles. The van der Waals surface area contributed by atoms with Crippen molar-refractivity contribution < 1.29 is 9.53 Å². The monoisotopic (exact) mass is 288 g/mol. The van der Waals surface area contributed by atoms with E-state index in [-0.39, 0.29) is 9.71 Å². The molecule has 0 aliphatic carbocycles. The number of carbonyl (C=O) groups is 1. The van der Waals surface area contributed by atoms with Crippen molar-refractivity contribution in [1.82, 2.24) is 0 Å². The highest BCUT2D eigenvalue weighted by Crippen LogP contribution is 2.29. The van der Waals surface area contributed by atoms with Gasteiger partial charge in [-0.2, -0.15) is 0 Å². The zero-order valence-electron chi connectivity index (χ0n) is 4.68. The fourth-order valence-corrected chi connectivity index (χ4v) is 1.89. The Kier molecular flexibility index (Phi) is 2.77. The summed E-state index contributed by atoms with van der Waals surface area (Å²) in [5.74, 6) is -0.390. The van der Waals surface area contributed by atoms with Gasteiger partial charge in [0.05, 0.1) is 3.74 Å². The summed E-state index contributed by atoms with van der Waals surface area (Å²) in [5.41, 5.74) is 0.0721. The van der Waals surface area contributed by atoms with E-state index in [1.165, 1.54) is 6.08 Å². The van der Waals surface area contributed by atoms with Gasteiger partial charge in [-0.25, -0.2) is 4.79 Å². The summed E-state index contributed by atoms with van der Waals surface area (Å²) < 4.78 is 4.52. The Bertz CT molecular complexity index is 190. The van der Waals surface area contributed by atoms with Gasteiger partial charge in [0.2, 0.25) is 0 Å². The van der Waals surface area contributed by atoms with Crippen molar-refractivity contribution in [2.24, 2.45) is 0 Å². The lowest BCUT2D eigenvalue weighted by Crippen LogP contribution is -2.06. The van der Waals surface area contributed by atoms with Crippen molar-refractivity contribution in [3.8, 4) is 0 Å². The Balaban J connectivity index is 2.75. The maximum atomic E-state index is 10.5. The van der Waals surface area contributed by atoms with Gasteiger partial charge in [0.15, 0.2) is 5.56 Å².